The maximum absolute atomic E-state index is 13.3. The number of nitrogens with zero attached hydrogens (tertiary/aromatic N) is 2. The van der Waals surface area contributed by atoms with E-state index >= 15 is 0 Å². The van der Waals surface area contributed by atoms with E-state index in [0.717, 1.165) is 16.7 Å². The van der Waals surface area contributed by atoms with Crippen molar-refractivity contribution in [1.82, 2.24) is 14.5 Å². The summed E-state index contributed by atoms with van der Waals surface area (Å²) < 4.78 is 3.00. The van der Waals surface area contributed by atoms with Crippen LogP contribution in [-0.4, -0.2) is 21.1 Å². The Bertz CT molecular complexity index is 1200. The number of aryl methyl sites for hydroxylation is 2. The first kappa shape index (κ1) is 22.5. The van der Waals surface area contributed by atoms with Crippen LogP contribution in [0.25, 0.3) is 10.9 Å². The Morgan fingerprint density at radius 1 is 1.00 bits per heavy atom. The van der Waals surface area contributed by atoms with Gasteiger partial charge in [0.25, 0.3) is 5.56 Å². The molecule has 6 heteroatoms. The van der Waals surface area contributed by atoms with E-state index in [1.165, 1.54) is 4.57 Å². The molecular formula is C25H31N3O3. The minimum atomic E-state index is -0.309. The molecule has 31 heavy (non-hydrogen) atoms. The molecular weight excluding hydrogens is 390 g/mol. The van der Waals surface area contributed by atoms with Gasteiger partial charge in [-0.05, 0) is 63.8 Å². The lowest BCUT2D eigenvalue weighted by Gasteiger charge is -2.16. The molecule has 1 N–H and O–H groups in total. The highest BCUT2D eigenvalue weighted by atomic mass is 16.2. The predicted octanol–water partition coefficient (Wildman–Crippen LogP) is 3.52. The summed E-state index contributed by atoms with van der Waals surface area (Å²) in [7, 11) is 0. The fourth-order valence-corrected chi connectivity index (χ4v) is 3.81. The summed E-state index contributed by atoms with van der Waals surface area (Å²) in [5.41, 5.74) is 3.36. The van der Waals surface area contributed by atoms with E-state index in [1.54, 1.807) is 10.6 Å². The minimum absolute atomic E-state index is 0.00630. The fraction of sp³-hybridized carbons (Fsp3) is 0.400. The number of fused-ring (bicyclic) bond motifs is 1. The van der Waals surface area contributed by atoms with Crippen molar-refractivity contribution in [2.45, 2.75) is 66.1 Å². The quantitative estimate of drug-likeness (QED) is 0.566. The van der Waals surface area contributed by atoms with Gasteiger partial charge >= 0.3 is 5.69 Å². The van der Waals surface area contributed by atoms with Gasteiger partial charge in [0.15, 0.2) is 0 Å². The number of aromatic nitrogens is 2. The van der Waals surface area contributed by atoms with Crippen LogP contribution >= 0.6 is 0 Å². The van der Waals surface area contributed by atoms with Gasteiger partial charge in [0.05, 0.1) is 17.4 Å². The summed E-state index contributed by atoms with van der Waals surface area (Å²) in [6, 6.07) is 13.5. The monoisotopic (exact) mass is 421 g/mol. The van der Waals surface area contributed by atoms with Crippen LogP contribution in [0.3, 0.4) is 0 Å². The standard InChI is InChI=1S/C25H31N3O3/c1-17(2)26-23(29)11-7-8-14-27-24(30)21-9-5-6-10-22(21)28(25(27)31)16-20-15-18(3)12-13-19(20)4/h5-6,9-10,12-13,15,17H,7-8,11,14,16H2,1-4H3,(H,26,29). The lowest BCUT2D eigenvalue weighted by molar-refractivity contribution is -0.121. The van der Waals surface area contributed by atoms with Crippen molar-refractivity contribution in [1.29, 1.82) is 0 Å². The maximum atomic E-state index is 13.3. The Morgan fingerprint density at radius 2 is 1.74 bits per heavy atom. The molecule has 0 bridgehead atoms. The first-order chi connectivity index (χ1) is 14.8. The zero-order valence-corrected chi connectivity index (χ0v) is 18.8. The highest BCUT2D eigenvalue weighted by Gasteiger charge is 2.14. The number of rotatable bonds is 8. The molecule has 0 spiro atoms. The average molecular weight is 422 g/mol. The van der Waals surface area contributed by atoms with Crippen molar-refractivity contribution in [3.8, 4) is 0 Å². The topological polar surface area (TPSA) is 73.1 Å². The Hall–Kier alpha value is -3.15. The molecule has 1 aromatic heterocycles. The Kier molecular flexibility index (Phi) is 7.10. The third kappa shape index (κ3) is 5.32. The second-order valence-electron chi connectivity index (χ2n) is 8.45. The number of carbonyl (C=O) groups is 1. The number of hydrogen-bond acceptors (Lipinski definition) is 3. The van der Waals surface area contributed by atoms with Gasteiger partial charge in [-0.2, -0.15) is 0 Å². The van der Waals surface area contributed by atoms with Crippen molar-refractivity contribution in [3.63, 3.8) is 0 Å². The van der Waals surface area contributed by atoms with E-state index < -0.39 is 0 Å². The third-order valence-corrected chi connectivity index (χ3v) is 5.45. The first-order valence-corrected chi connectivity index (χ1v) is 10.9. The second-order valence-corrected chi connectivity index (χ2v) is 8.45. The van der Waals surface area contributed by atoms with Crippen molar-refractivity contribution in [2.75, 3.05) is 0 Å². The first-order valence-electron chi connectivity index (χ1n) is 10.9. The van der Waals surface area contributed by atoms with Gasteiger partial charge < -0.3 is 5.32 Å². The second kappa shape index (κ2) is 9.77. The van der Waals surface area contributed by atoms with E-state index in [4.69, 9.17) is 0 Å². The zero-order valence-electron chi connectivity index (χ0n) is 18.8. The average Bonchev–Trinajstić information content (AvgIpc) is 2.72. The zero-order chi connectivity index (χ0) is 22.5. The molecule has 3 rings (SSSR count). The van der Waals surface area contributed by atoms with Crippen LogP contribution in [0, 0.1) is 13.8 Å². The van der Waals surface area contributed by atoms with Gasteiger partial charge in [-0.15, -0.1) is 0 Å². The molecule has 0 fully saturated rings. The van der Waals surface area contributed by atoms with E-state index in [0.29, 0.717) is 43.3 Å². The van der Waals surface area contributed by atoms with Crippen LogP contribution < -0.4 is 16.6 Å². The lowest BCUT2D eigenvalue weighted by atomic mass is 10.1. The van der Waals surface area contributed by atoms with Crippen LogP contribution in [0.1, 0.15) is 49.8 Å². The van der Waals surface area contributed by atoms with Gasteiger partial charge in [0.1, 0.15) is 0 Å². The van der Waals surface area contributed by atoms with E-state index in [-0.39, 0.29) is 23.2 Å². The number of unbranched alkanes of at least 4 members (excludes halogenated alkanes) is 1. The largest absolute Gasteiger partial charge is 0.354 e. The summed E-state index contributed by atoms with van der Waals surface area (Å²) in [5.74, 6) is -0.00630. The van der Waals surface area contributed by atoms with Gasteiger partial charge in [-0.1, -0.05) is 35.9 Å². The van der Waals surface area contributed by atoms with Gasteiger partial charge in [-0.25, -0.2) is 4.79 Å². The number of hydrogen-bond donors (Lipinski definition) is 1. The molecule has 0 aliphatic heterocycles. The number of nitrogens with one attached hydrogen (secondary N) is 1. The molecule has 0 unspecified atom stereocenters. The van der Waals surface area contributed by atoms with Crippen molar-refractivity contribution in [3.05, 3.63) is 80.0 Å². The molecule has 2 aromatic carbocycles. The molecule has 0 saturated heterocycles. The SMILES string of the molecule is Cc1ccc(C)c(Cn2c(=O)n(CCCCC(=O)NC(C)C)c(=O)c3ccccc32)c1. The molecule has 0 radical (unpaired) electrons. The smallest absolute Gasteiger partial charge is 0.331 e. The summed E-state index contributed by atoms with van der Waals surface area (Å²) in [6.07, 6.45) is 1.59. The molecule has 0 aliphatic carbocycles. The highest BCUT2D eigenvalue weighted by Crippen LogP contribution is 2.15. The van der Waals surface area contributed by atoms with Crippen LogP contribution in [0.2, 0.25) is 0 Å². The summed E-state index contributed by atoms with van der Waals surface area (Å²) in [6.45, 7) is 8.60. The Balaban J connectivity index is 1.92. The summed E-state index contributed by atoms with van der Waals surface area (Å²) in [4.78, 5) is 38.2. The van der Waals surface area contributed by atoms with Crippen molar-refractivity contribution < 1.29 is 4.79 Å². The lowest BCUT2D eigenvalue weighted by Crippen LogP contribution is -2.40. The Morgan fingerprint density at radius 3 is 2.48 bits per heavy atom. The maximum Gasteiger partial charge on any atom is 0.331 e. The molecule has 6 nitrogen and oxygen atoms in total. The van der Waals surface area contributed by atoms with E-state index in [1.807, 2.05) is 45.9 Å². The van der Waals surface area contributed by atoms with Gasteiger partial charge in [0.2, 0.25) is 5.91 Å². The molecule has 0 saturated carbocycles. The normalized spacial score (nSPS) is 11.3. The number of benzene rings is 2. The van der Waals surface area contributed by atoms with E-state index in [9.17, 15) is 14.4 Å². The molecule has 3 aromatic rings. The number of amides is 1. The molecule has 0 atom stereocenters. The number of carbonyl (C=O) groups excluding carboxylic acids is 1. The van der Waals surface area contributed by atoms with Gasteiger partial charge in [0, 0.05) is 19.0 Å². The fourth-order valence-electron chi connectivity index (χ4n) is 3.81. The van der Waals surface area contributed by atoms with E-state index in [2.05, 4.69) is 23.5 Å². The van der Waals surface area contributed by atoms with Crippen LogP contribution in [0.5, 0.6) is 0 Å². The molecule has 0 aliphatic rings. The minimum Gasteiger partial charge on any atom is -0.354 e. The van der Waals surface area contributed by atoms with Crippen molar-refractivity contribution >= 4 is 16.8 Å². The molecule has 1 heterocycles. The third-order valence-electron chi connectivity index (χ3n) is 5.45. The molecule has 1 amide bonds. The summed E-state index contributed by atoms with van der Waals surface area (Å²) >= 11 is 0. The van der Waals surface area contributed by atoms with Crippen LogP contribution in [0.15, 0.2) is 52.1 Å². The number of para-hydroxylation sites is 1. The predicted molar refractivity (Wildman–Crippen MR) is 125 cm³/mol. The van der Waals surface area contributed by atoms with Crippen molar-refractivity contribution in [2.24, 2.45) is 0 Å². The molecule has 164 valence electrons. The highest BCUT2D eigenvalue weighted by molar-refractivity contribution is 5.78. The Labute approximate surface area is 182 Å². The van der Waals surface area contributed by atoms with Gasteiger partial charge in [-0.3, -0.25) is 18.7 Å². The summed E-state index contributed by atoms with van der Waals surface area (Å²) in [5, 5.41) is 3.39. The van der Waals surface area contributed by atoms with Crippen LogP contribution in [0.4, 0.5) is 0 Å². The van der Waals surface area contributed by atoms with Crippen LogP contribution in [-0.2, 0) is 17.9 Å².